The van der Waals surface area contributed by atoms with E-state index < -0.39 is 0 Å². The maximum absolute atomic E-state index is 10.8. The van der Waals surface area contributed by atoms with E-state index in [2.05, 4.69) is 23.1 Å². The molecular weight excluding hydrogens is 268 g/mol. The minimum atomic E-state index is 0.0208. The molecule has 0 saturated carbocycles. The Morgan fingerprint density at radius 1 is 1.28 bits per heavy atom. The Kier molecular flexibility index (Phi) is 24.3. The molecule has 0 aromatic heterocycles. The zero-order valence-corrected chi connectivity index (χ0v) is 13.9. The molecule has 0 aromatic carbocycles. The van der Waals surface area contributed by atoms with Crippen molar-refractivity contribution in [1.82, 2.24) is 10.6 Å². The van der Waals surface area contributed by atoms with Crippen molar-refractivity contribution >= 4 is 33.2 Å². The van der Waals surface area contributed by atoms with E-state index in [4.69, 9.17) is 11.1 Å². The molecule has 0 fully saturated rings. The molecule has 7 heteroatoms. The molecule has 0 aliphatic heterocycles. The fourth-order valence-corrected chi connectivity index (χ4v) is 0.840. The first-order valence-corrected chi connectivity index (χ1v) is 8.53. The van der Waals surface area contributed by atoms with E-state index in [1.807, 2.05) is 14.1 Å². The zero-order valence-electron chi connectivity index (χ0n) is 12.3. The van der Waals surface area contributed by atoms with Crippen LogP contribution in [0, 0.1) is 5.41 Å². The summed E-state index contributed by atoms with van der Waals surface area (Å²) in [7, 11) is 7.24. The normalized spacial score (nSPS) is 10.3. The van der Waals surface area contributed by atoms with Gasteiger partial charge in [-0.1, -0.05) is 21.6 Å². The molecule has 0 aromatic rings. The number of hydrogen-bond acceptors (Lipinski definition) is 6. The van der Waals surface area contributed by atoms with E-state index in [0.717, 1.165) is 13.0 Å². The van der Waals surface area contributed by atoms with Crippen molar-refractivity contribution in [1.29, 1.82) is 5.41 Å². The topological polar surface area (TPSA) is 91.0 Å². The lowest BCUT2D eigenvalue weighted by molar-refractivity contribution is -0.118. The molecule has 18 heavy (non-hydrogen) atoms. The predicted molar refractivity (Wildman–Crippen MR) is 86.7 cm³/mol. The molecule has 0 radical (unpaired) electrons. The zero-order chi connectivity index (χ0) is 15.0. The molecule has 0 unspecified atom stereocenters. The highest BCUT2D eigenvalue weighted by molar-refractivity contribution is 8.76. The third-order valence-electron chi connectivity index (χ3n) is 1.69. The highest BCUT2D eigenvalue weighted by Gasteiger charge is 2.08. The Bertz CT molecular complexity index is 197. The lowest BCUT2D eigenvalue weighted by Gasteiger charge is -2.10. The van der Waals surface area contributed by atoms with E-state index in [9.17, 15) is 4.79 Å². The molecule has 0 saturated heterocycles. The van der Waals surface area contributed by atoms with Crippen molar-refractivity contribution in [2.24, 2.45) is 5.73 Å². The van der Waals surface area contributed by atoms with Gasteiger partial charge in [0.15, 0.2) is 0 Å². The Morgan fingerprint density at radius 3 is 1.83 bits per heavy atom. The van der Waals surface area contributed by atoms with Crippen LogP contribution in [0.4, 0.5) is 0 Å². The summed E-state index contributed by atoms with van der Waals surface area (Å²) in [6.07, 6.45) is 4.98. The van der Waals surface area contributed by atoms with E-state index in [1.165, 1.54) is 6.92 Å². The average molecular weight is 297 g/mol. The molecule has 5 nitrogen and oxygen atoms in total. The summed E-state index contributed by atoms with van der Waals surface area (Å²) in [6, 6.07) is 0.0208. The second kappa shape index (κ2) is 19.1. The quantitative estimate of drug-likeness (QED) is 0.336. The number of ketones is 1. The number of nitrogens with two attached hydrogens (primary N) is 1. The van der Waals surface area contributed by atoms with Gasteiger partial charge in [0, 0.05) is 0 Å². The molecular formula is C11H28N4OS2. The van der Waals surface area contributed by atoms with E-state index >= 15 is 0 Å². The van der Waals surface area contributed by atoms with Crippen LogP contribution in [0.25, 0.3) is 0 Å². The number of nitrogens with one attached hydrogen (secondary N) is 3. The number of Topliss-reactive ketones (excluding diaryl/α,β-unsaturated/α-hetero) is 1. The van der Waals surface area contributed by atoms with Crippen molar-refractivity contribution in [3.63, 3.8) is 0 Å². The largest absolute Gasteiger partial charge is 0.388 e. The molecule has 0 aliphatic rings. The van der Waals surface area contributed by atoms with Gasteiger partial charge in [-0.25, -0.2) is 0 Å². The highest BCUT2D eigenvalue weighted by atomic mass is 33.1. The van der Waals surface area contributed by atoms with Gasteiger partial charge in [0.05, 0.1) is 11.9 Å². The summed E-state index contributed by atoms with van der Waals surface area (Å²) in [5.41, 5.74) is 4.69. The first-order chi connectivity index (χ1) is 8.37. The molecule has 110 valence electrons. The number of hydrogen-bond donors (Lipinski definition) is 4. The molecule has 1 atom stereocenters. The van der Waals surface area contributed by atoms with Crippen molar-refractivity contribution in [3.8, 4) is 0 Å². The van der Waals surface area contributed by atoms with Crippen LogP contribution >= 0.6 is 21.6 Å². The smallest absolute Gasteiger partial charge is 0.146 e. The number of likely N-dealkylation sites (N-methyl/N-ethyl adjacent to an activating group) is 1. The third-order valence-corrected chi connectivity index (χ3v) is 3.02. The van der Waals surface area contributed by atoms with Gasteiger partial charge in [0.1, 0.15) is 5.78 Å². The fourth-order valence-electron chi connectivity index (χ4n) is 0.840. The average Bonchev–Trinajstić information content (AvgIpc) is 2.29. The second-order valence-electron chi connectivity index (χ2n) is 3.36. The number of amidine groups is 1. The van der Waals surface area contributed by atoms with Gasteiger partial charge in [0.25, 0.3) is 0 Å². The maximum Gasteiger partial charge on any atom is 0.146 e. The SMILES string of the molecule is CC(=N)N.CNCC[C@H](NC)C(C)=O.CSSC. The maximum atomic E-state index is 10.8. The summed E-state index contributed by atoms with van der Waals surface area (Å²) in [6.45, 7) is 4.02. The second-order valence-corrected chi connectivity index (χ2v) is 6.03. The summed E-state index contributed by atoms with van der Waals surface area (Å²) in [5, 5.41) is 12.2. The summed E-state index contributed by atoms with van der Waals surface area (Å²) < 4.78 is 0. The summed E-state index contributed by atoms with van der Waals surface area (Å²) >= 11 is 0. The van der Waals surface area contributed by atoms with E-state index in [0.29, 0.717) is 0 Å². The molecule has 0 spiro atoms. The van der Waals surface area contributed by atoms with Crippen LogP contribution in [0.3, 0.4) is 0 Å². The number of carbonyl (C=O) groups is 1. The molecule has 0 bridgehead atoms. The van der Waals surface area contributed by atoms with Gasteiger partial charge in [-0.15, -0.1) is 0 Å². The standard InChI is InChI=1S/C7H16N2O.C2H6N2.C2H6S2/c1-6(10)7(9-3)4-5-8-2;1-2(3)4;1-3-4-2/h7-9H,4-5H2,1-3H3;1H3,(H3,3,4);1-2H3/t7-;;/m0../s1. The van der Waals surface area contributed by atoms with Crippen LogP contribution in [0.5, 0.6) is 0 Å². The molecule has 0 rings (SSSR count). The molecule has 5 N–H and O–H groups in total. The monoisotopic (exact) mass is 296 g/mol. The summed E-state index contributed by atoms with van der Waals surface area (Å²) in [4.78, 5) is 10.8. The van der Waals surface area contributed by atoms with Crippen molar-refractivity contribution in [2.45, 2.75) is 26.3 Å². The highest BCUT2D eigenvalue weighted by Crippen LogP contribution is 2.09. The molecule has 0 aliphatic carbocycles. The van der Waals surface area contributed by atoms with Gasteiger partial charge in [-0.3, -0.25) is 10.2 Å². The molecule has 0 amide bonds. The van der Waals surface area contributed by atoms with Gasteiger partial charge in [-0.05, 0) is 53.4 Å². The summed E-state index contributed by atoms with van der Waals surface area (Å²) in [5.74, 6) is 0.373. The van der Waals surface area contributed by atoms with Crippen LogP contribution in [0.1, 0.15) is 20.3 Å². The Morgan fingerprint density at radius 2 is 1.67 bits per heavy atom. The minimum Gasteiger partial charge on any atom is -0.388 e. The Balaban J connectivity index is -0.000000233. The van der Waals surface area contributed by atoms with Crippen LogP contribution < -0.4 is 16.4 Å². The number of carbonyl (C=O) groups excluding carboxylic acids is 1. The Labute approximate surface area is 119 Å². The van der Waals surface area contributed by atoms with E-state index in [1.54, 1.807) is 28.5 Å². The van der Waals surface area contributed by atoms with Crippen LogP contribution in [-0.4, -0.2) is 50.8 Å². The van der Waals surface area contributed by atoms with Crippen LogP contribution in [0.2, 0.25) is 0 Å². The predicted octanol–water partition coefficient (Wildman–Crippen LogP) is 1.34. The minimum absolute atomic E-state index is 0.0208. The van der Waals surface area contributed by atoms with Gasteiger partial charge < -0.3 is 16.4 Å². The van der Waals surface area contributed by atoms with Gasteiger partial charge >= 0.3 is 0 Å². The Hall–Kier alpha value is -0.240. The van der Waals surface area contributed by atoms with Crippen LogP contribution in [0.15, 0.2) is 0 Å². The number of rotatable bonds is 6. The van der Waals surface area contributed by atoms with Crippen molar-refractivity contribution in [3.05, 3.63) is 0 Å². The first-order valence-electron chi connectivity index (χ1n) is 5.57. The third kappa shape index (κ3) is 29.7. The van der Waals surface area contributed by atoms with Gasteiger partial charge in [-0.2, -0.15) is 0 Å². The van der Waals surface area contributed by atoms with Crippen LogP contribution in [-0.2, 0) is 4.79 Å². The lowest BCUT2D eigenvalue weighted by atomic mass is 10.1. The van der Waals surface area contributed by atoms with Crippen molar-refractivity contribution in [2.75, 3.05) is 33.2 Å². The first kappa shape index (κ1) is 22.9. The van der Waals surface area contributed by atoms with Gasteiger partial charge in [0.2, 0.25) is 0 Å². The van der Waals surface area contributed by atoms with Crippen molar-refractivity contribution < 1.29 is 4.79 Å². The molecule has 0 heterocycles. The fraction of sp³-hybridized carbons (Fsp3) is 0.818. The van der Waals surface area contributed by atoms with E-state index in [-0.39, 0.29) is 17.7 Å². The lowest BCUT2D eigenvalue weighted by Crippen LogP contribution is -2.34.